The lowest BCUT2D eigenvalue weighted by Gasteiger charge is -2.14. The molecular weight excluding hydrogens is 348 g/mol. The van der Waals surface area contributed by atoms with Crippen LogP contribution in [0.4, 0.5) is 14.5 Å². The van der Waals surface area contributed by atoms with Crippen molar-refractivity contribution in [2.75, 3.05) is 7.11 Å². The van der Waals surface area contributed by atoms with Crippen LogP contribution in [0, 0.1) is 21.7 Å². The third-order valence-electron chi connectivity index (χ3n) is 3.24. The largest absolute Gasteiger partial charge is 0.496 e. The molecule has 0 heterocycles. The molecule has 0 aliphatic heterocycles. The van der Waals surface area contributed by atoms with E-state index in [-0.39, 0.29) is 27.6 Å². The van der Waals surface area contributed by atoms with E-state index >= 15 is 0 Å². The van der Waals surface area contributed by atoms with Crippen LogP contribution < -0.4 is 9.47 Å². The van der Waals surface area contributed by atoms with Crippen LogP contribution in [0.25, 0.3) is 0 Å². The van der Waals surface area contributed by atoms with Crippen LogP contribution in [0.2, 0.25) is 5.02 Å². The van der Waals surface area contributed by atoms with E-state index in [0.717, 1.165) is 12.1 Å². The van der Waals surface area contributed by atoms with Gasteiger partial charge in [-0.1, -0.05) is 11.6 Å². The topological polar surface area (TPSA) is 81.8 Å². The van der Waals surface area contributed by atoms with Crippen LogP contribution in [-0.4, -0.2) is 17.1 Å². The molecule has 9 heteroatoms. The number of aliphatic hydroxyl groups is 1. The fourth-order valence-corrected chi connectivity index (χ4v) is 2.29. The first kappa shape index (κ1) is 17.9. The van der Waals surface area contributed by atoms with Gasteiger partial charge in [0.15, 0.2) is 11.6 Å². The number of halogens is 3. The molecule has 0 amide bonds. The maximum absolute atomic E-state index is 13.9. The van der Waals surface area contributed by atoms with E-state index in [0.29, 0.717) is 0 Å². The number of aliphatic hydroxyl groups excluding tert-OH is 1. The molecule has 0 bridgehead atoms. The normalized spacial score (nSPS) is 10.5. The molecule has 24 heavy (non-hydrogen) atoms. The van der Waals surface area contributed by atoms with Gasteiger partial charge in [0.1, 0.15) is 23.1 Å². The fourth-order valence-electron chi connectivity index (χ4n) is 2.03. The Hall–Kier alpha value is -2.45. The molecule has 2 rings (SSSR count). The van der Waals surface area contributed by atoms with Crippen LogP contribution in [0.3, 0.4) is 0 Å². The summed E-state index contributed by atoms with van der Waals surface area (Å²) in [6, 6.07) is 4.32. The maximum atomic E-state index is 13.9. The molecule has 0 saturated carbocycles. The fraction of sp³-hybridized carbons (Fsp3) is 0.200. The highest BCUT2D eigenvalue weighted by atomic mass is 35.5. The van der Waals surface area contributed by atoms with E-state index in [1.54, 1.807) is 0 Å². The minimum Gasteiger partial charge on any atom is -0.496 e. The van der Waals surface area contributed by atoms with Crippen molar-refractivity contribution in [2.24, 2.45) is 0 Å². The number of nitrogens with zero attached hydrogens (tertiary/aromatic N) is 1. The van der Waals surface area contributed by atoms with Gasteiger partial charge in [0, 0.05) is 5.56 Å². The molecule has 0 radical (unpaired) electrons. The summed E-state index contributed by atoms with van der Waals surface area (Å²) >= 11 is 5.75. The summed E-state index contributed by atoms with van der Waals surface area (Å²) in [5.41, 5.74) is -0.462. The Bertz CT molecular complexity index is 785. The van der Waals surface area contributed by atoms with E-state index in [4.69, 9.17) is 21.1 Å². The number of rotatable bonds is 6. The van der Waals surface area contributed by atoms with Crippen molar-refractivity contribution in [2.45, 2.75) is 13.2 Å². The van der Waals surface area contributed by atoms with Crippen molar-refractivity contribution in [1.29, 1.82) is 0 Å². The lowest BCUT2D eigenvalue weighted by molar-refractivity contribution is -0.384. The van der Waals surface area contributed by atoms with E-state index in [1.807, 2.05) is 0 Å². The molecule has 0 aliphatic rings. The van der Waals surface area contributed by atoms with Crippen LogP contribution in [0.5, 0.6) is 11.5 Å². The number of methoxy groups -OCH3 is 1. The second-order valence-corrected chi connectivity index (χ2v) is 5.06. The lowest BCUT2D eigenvalue weighted by Crippen LogP contribution is -2.05. The first-order valence-corrected chi connectivity index (χ1v) is 6.98. The maximum Gasteiger partial charge on any atom is 0.291 e. The van der Waals surface area contributed by atoms with Gasteiger partial charge in [0.2, 0.25) is 0 Å². The van der Waals surface area contributed by atoms with Gasteiger partial charge in [-0.2, -0.15) is 0 Å². The zero-order valence-electron chi connectivity index (χ0n) is 12.4. The van der Waals surface area contributed by atoms with Crippen LogP contribution in [0.1, 0.15) is 11.1 Å². The smallest absolute Gasteiger partial charge is 0.291 e. The van der Waals surface area contributed by atoms with Crippen molar-refractivity contribution in [1.82, 2.24) is 0 Å². The summed E-state index contributed by atoms with van der Waals surface area (Å²) in [5.74, 6) is -2.25. The third kappa shape index (κ3) is 3.55. The van der Waals surface area contributed by atoms with Gasteiger partial charge in [-0.25, -0.2) is 8.78 Å². The highest BCUT2D eigenvalue weighted by Crippen LogP contribution is 2.34. The van der Waals surface area contributed by atoms with Gasteiger partial charge in [-0.05, 0) is 18.2 Å². The van der Waals surface area contributed by atoms with Crippen molar-refractivity contribution in [3.63, 3.8) is 0 Å². The van der Waals surface area contributed by atoms with Gasteiger partial charge >= 0.3 is 0 Å². The van der Waals surface area contributed by atoms with E-state index in [1.165, 1.54) is 19.2 Å². The molecule has 0 fully saturated rings. The quantitative estimate of drug-likeness (QED) is 0.629. The van der Waals surface area contributed by atoms with Crippen molar-refractivity contribution in [3.8, 4) is 11.5 Å². The third-order valence-corrected chi connectivity index (χ3v) is 3.54. The Morgan fingerprint density at radius 2 is 2.00 bits per heavy atom. The number of hydrogen-bond donors (Lipinski definition) is 1. The molecule has 0 unspecified atom stereocenters. The van der Waals surface area contributed by atoms with Crippen LogP contribution >= 0.6 is 11.6 Å². The Labute approximate surface area is 140 Å². The van der Waals surface area contributed by atoms with E-state index in [9.17, 15) is 24.0 Å². The molecule has 6 nitrogen and oxygen atoms in total. The highest BCUT2D eigenvalue weighted by molar-refractivity contribution is 6.32. The molecule has 2 aromatic carbocycles. The zero-order chi connectivity index (χ0) is 17.9. The molecule has 0 aromatic heterocycles. The Balaban J connectivity index is 2.38. The SMILES string of the molecule is COc1ccc(F)c(F)c1COc1cc([N+](=O)[O-])c(Cl)cc1CO. The second-order valence-electron chi connectivity index (χ2n) is 4.66. The molecule has 128 valence electrons. The Morgan fingerprint density at radius 1 is 1.29 bits per heavy atom. The number of benzene rings is 2. The van der Waals surface area contributed by atoms with Crippen LogP contribution in [-0.2, 0) is 13.2 Å². The first-order valence-electron chi connectivity index (χ1n) is 6.60. The zero-order valence-corrected chi connectivity index (χ0v) is 13.1. The minimum absolute atomic E-state index is 0.0583. The van der Waals surface area contributed by atoms with E-state index < -0.39 is 35.5 Å². The number of hydrogen-bond acceptors (Lipinski definition) is 5. The molecule has 2 aromatic rings. The summed E-state index contributed by atoms with van der Waals surface area (Å²) in [4.78, 5) is 10.2. The minimum atomic E-state index is -1.15. The van der Waals surface area contributed by atoms with Gasteiger partial charge in [-0.15, -0.1) is 0 Å². The summed E-state index contributed by atoms with van der Waals surface area (Å²) in [6.07, 6.45) is 0. The predicted molar refractivity (Wildman–Crippen MR) is 81.3 cm³/mol. The standard InChI is InChI=1S/C15H12ClF2NO5/c1-23-13-3-2-11(17)15(18)9(13)7-24-14-5-12(19(21)22)10(16)4-8(14)6-20/h2-5,20H,6-7H2,1H3. The van der Waals surface area contributed by atoms with Gasteiger partial charge < -0.3 is 14.6 Å². The van der Waals surface area contributed by atoms with Gasteiger partial charge in [0.25, 0.3) is 5.69 Å². The summed E-state index contributed by atoms with van der Waals surface area (Å²) in [5, 5.41) is 20.0. The van der Waals surface area contributed by atoms with E-state index in [2.05, 4.69) is 0 Å². The molecular formula is C15H12ClF2NO5. The lowest BCUT2D eigenvalue weighted by atomic mass is 10.1. The number of nitro benzene ring substituents is 1. The first-order chi connectivity index (χ1) is 11.4. The van der Waals surface area contributed by atoms with Crippen molar-refractivity contribution in [3.05, 3.63) is 62.2 Å². The van der Waals surface area contributed by atoms with Crippen LogP contribution in [0.15, 0.2) is 24.3 Å². The van der Waals surface area contributed by atoms with Crippen molar-refractivity contribution < 1.29 is 28.3 Å². The Morgan fingerprint density at radius 3 is 2.58 bits per heavy atom. The number of nitro groups is 1. The Kier molecular flexibility index (Phi) is 5.53. The average Bonchev–Trinajstić information content (AvgIpc) is 2.56. The molecule has 0 spiro atoms. The molecule has 1 N–H and O–H groups in total. The molecule has 0 aliphatic carbocycles. The summed E-state index contributed by atoms with van der Waals surface area (Å²) in [7, 11) is 1.28. The summed E-state index contributed by atoms with van der Waals surface area (Å²) < 4.78 is 37.5. The van der Waals surface area contributed by atoms with Gasteiger partial charge in [-0.3, -0.25) is 10.1 Å². The van der Waals surface area contributed by atoms with Crippen molar-refractivity contribution >= 4 is 17.3 Å². The summed E-state index contributed by atoms with van der Waals surface area (Å²) in [6.45, 7) is -0.964. The van der Waals surface area contributed by atoms with Gasteiger partial charge in [0.05, 0.1) is 30.3 Å². The molecule has 0 saturated heterocycles. The average molecular weight is 360 g/mol. The predicted octanol–water partition coefficient (Wildman–Crippen LogP) is 3.61. The molecule has 0 atom stereocenters. The second kappa shape index (κ2) is 7.41. The number of ether oxygens (including phenoxy) is 2. The monoisotopic (exact) mass is 359 g/mol. The highest BCUT2D eigenvalue weighted by Gasteiger charge is 2.20.